The summed E-state index contributed by atoms with van der Waals surface area (Å²) in [6, 6.07) is 12.3. The summed E-state index contributed by atoms with van der Waals surface area (Å²) in [7, 11) is 1.61. The number of rotatable bonds is 4. The maximum Gasteiger partial charge on any atom is 0.165 e. The SMILES string of the molecule is COc1cccc(COc2cc(C)ccc2F)c1. The van der Waals surface area contributed by atoms with Crippen molar-refractivity contribution in [3.63, 3.8) is 0 Å². The quantitative estimate of drug-likeness (QED) is 0.818. The lowest BCUT2D eigenvalue weighted by Gasteiger charge is -2.09. The first-order chi connectivity index (χ1) is 8.69. The zero-order valence-corrected chi connectivity index (χ0v) is 10.4. The van der Waals surface area contributed by atoms with Gasteiger partial charge in [-0.3, -0.25) is 0 Å². The van der Waals surface area contributed by atoms with E-state index in [9.17, 15) is 4.39 Å². The van der Waals surface area contributed by atoms with Gasteiger partial charge in [0.15, 0.2) is 11.6 Å². The number of benzene rings is 2. The summed E-state index contributed by atoms with van der Waals surface area (Å²) < 4.78 is 24.1. The fourth-order valence-corrected chi connectivity index (χ4v) is 1.64. The molecule has 2 aromatic rings. The van der Waals surface area contributed by atoms with Crippen LogP contribution in [0.25, 0.3) is 0 Å². The van der Waals surface area contributed by atoms with Gasteiger partial charge >= 0.3 is 0 Å². The van der Waals surface area contributed by atoms with Gasteiger partial charge in [-0.2, -0.15) is 0 Å². The second-order valence-corrected chi connectivity index (χ2v) is 4.07. The molecule has 0 N–H and O–H groups in total. The Morgan fingerprint density at radius 1 is 1.11 bits per heavy atom. The minimum absolute atomic E-state index is 0.276. The van der Waals surface area contributed by atoms with E-state index in [0.29, 0.717) is 6.61 Å². The molecule has 0 saturated heterocycles. The Morgan fingerprint density at radius 2 is 1.94 bits per heavy atom. The van der Waals surface area contributed by atoms with Gasteiger partial charge in [0.05, 0.1) is 7.11 Å². The van der Waals surface area contributed by atoms with Crippen molar-refractivity contribution < 1.29 is 13.9 Å². The van der Waals surface area contributed by atoms with Crippen LogP contribution < -0.4 is 9.47 Å². The van der Waals surface area contributed by atoms with Crippen molar-refractivity contribution in [3.8, 4) is 11.5 Å². The van der Waals surface area contributed by atoms with Crippen LogP contribution in [-0.2, 0) is 6.61 Å². The van der Waals surface area contributed by atoms with Gasteiger partial charge in [-0.15, -0.1) is 0 Å². The van der Waals surface area contributed by atoms with Gasteiger partial charge in [0.2, 0.25) is 0 Å². The summed E-state index contributed by atoms with van der Waals surface area (Å²) in [5.41, 5.74) is 1.91. The Morgan fingerprint density at radius 3 is 2.72 bits per heavy atom. The molecular weight excluding hydrogens is 231 g/mol. The minimum atomic E-state index is -0.344. The molecular formula is C15H15FO2. The number of aryl methyl sites for hydroxylation is 1. The second-order valence-electron chi connectivity index (χ2n) is 4.07. The van der Waals surface area contributed by atoms with Gasteiger partial charge in [-0.1, -0.05) is 18.2 Å². The lowest BCUT2D eigenvalue weighted by Crippen LogP contribution is -1.98. The van der Waals surface area contributed by atoms with Crippen LogP contribution in [0.2, 0.25) is 0 Å². The van der Waals surface area contributed by atoms with Gasteiger partial charge in [-0.25, -0.2) is 4.39 Å². The summed E-state index contributed by atoms with van der Waals surface area (Å²) in [5, 5.41) is 0. The minimum Gasteiger partial charge on any atom is -0.497 e. The van der Waals surface area contributed by atoms with E-state index in [0.717, 1.165) is 16.9 Å². The summed E-state index contributed by atoms with van der Waals surface area (Å²) >= 11 is 0. The third-order valence-corrected chi connectivity index (χ3v) is 2.62. The molecule has 0 aromatic heterocycles. The van der Waals surface area contributed by atoms with Crippen molar-refractivity contribution in [2.45, 2.75) is 13.5 Å². The van der Waals surface area contributed by atoms with Crippen LogP contribution in [-0.4, -0.2) is 7.11 Å². The number of hydrogen-bond donors (Lipinski definition) is 0. The van der Waals surface area contributed by atoms with Crippen LogP contribution in [0.1, 0.15) is 11.1 Å². The molecule has 2 aromatic carbocycles. The molecule has 0 aliphatic heterocycles. The molecule has 0 unspecified atom stereocenters. The highest BCUT2D eigenvalue weighted by Crippen LogP contribution is 2.20. The van der Waals surface area contributed by atoms with Crippen molar-refractivity contribution in [3.05, 3.63) is 59.4 Å². The van der Waals surface area contributed by atoms with Crippen molar-refractivity contribution in [1.29, 1.82) is 0 Å². The number of hydrogen-bond acceptors (Lipinski definition) is 2. The van der Waals surface area contributed by atoms with Gasteiger partial charge < -0.3 is 9.47 Å². The Hall–Kier alpha value is -2.03. The molecule has 0 saturated carbocycles. The molecule has 0 heterocycles. The molecule has 0 fully saturated rings. The van der Waals surface area contributed by atoms with Crippen molar-refractivity contribution in [2.75, 3.05) is 7.11 Å². The first-order valence-corrected chi connectivity index (χ1v) is 5.71. The molecule has 0 aliphatic carbocycles. The van der Waals surface area contributed by atoms with Gasteiger partial charge in [-0.05, 0) is 42.3 Å². The average Bonchev–Trinajstić information content (AvgIpc) is 2.40. The smallest absolute Gasteiger partial charge is 0.165 e. The van der Waals surface area contributed by atoms with Crippen molar-refractivity contribution in [1.82, 2.24) is 0 Å². The summed E-state index contributed by atoms with van der Waals surface area (Å²) in [6.45, 7) is 2.22. The van der Waals surface area contributed by atoms with E-state index in [2.05, 4.69) is 0 Å². The summed E-state index contributed by atoms with van der Waals surface area (Å²) in [6.07, 6.45) is 0. The molecule has 0 radical (unpaired) electrons. The molecule has 0 spiro atoms. The Labute approximate surface area is 106 Å². The lowest BCUT2D eigenvalue weighted by atomic mass is 10.2. The van der Waals surface area contributed by atoms with E-state index < -0.39 is 0 Å². The molecule has 2 rings (SSSR count). The maximum atomic E-state index is 13.5. The molecule has 0 bridgehead atoms. The van der Waals surface area contributed by atoms with Gasteiger partial charge in [0.25, 0.3) is 0 Å². The van der Waals surface area contributed by atoms with E-state index in [1.807, 2.05) is 31.2 Å². The number of methoxy groups -OCH3 is 1. The van der Waals surface area contributed by atoms with Gasteiger partial charge in [0.1, 0.15) is 12.4 Å². The first kappa shape index (κ1) is 12.4. The Balaban J connectivity index is 2.08. The predicted molar refractivity (Wildman–Crippen MR) is 68.5 cm³/mol. The molecule has 0 aliphatic rings. The zero-order chi connectivity index (χ0) is 13.0. The topological polar surface area (TPSA) is 18.5 Å². The van der Waals surface area contributed by atoms with E-state index in [-0.39, 0.29) is 11.6 Å². The van der Waals surface area contributed by atoms with E-state index in [1.165, 1.54) is 6.07 Å². The van der Waals surface area contributed by atoms with Crippen molar-refractivity contribution >= 4 is 0 Å². The molecule has 0 amide bonds. The average molecular weight is 246 g/mol. The first-order valence-electron chi connectivity index (χ1n) is 5.71. The third kappa shape index (κ3) is 3.00. The third-order valence-electron chi connectivity index (χ3n) is 2.62. The second kappa shape index (κ2) is 5.54. The van der Waals surface area contributed by atoms with Crippen LogP contribution in [0.4, 0.5) is 4.39 Å². The Bertz CT molecular complexity index is 538. The maximum absolute atomic E-state index is 13.5. The van der Waals surface area contributed by atoms with E-state index >= 15 is 0 Å². The highest BCUT2D eigenvalue weighted by Gasteiger charge is 2.04. The van der Waals surface area contributed by atoms with Crippen LogP contribution in [0.15, 0.2) is 42.5 Å². The highest BCUT2D eigenvalue weighted by molar-refractivity contribution is 5.31. The predicted octanol–water partition coefficient (Wildman–Crippen LogP) is 3.72. The normalized spacial score (nSPS) is 10.2. The van der Waals surface area contributed by atoms with Crippen LogP contribution in [0.3, 0.4) is 0 Å². The lowest BCUT2D eigenvalue weighted by molar-refractivity contribution is 0.289. The fraction of sp³-hybridized carbons (Fsp3) is 0.200. The van der Waals surface area contributed by atoms with Crippen LogP contribution in [0.5, 0.6) is 11.5 Å². The van der Waals surface area contributed by atoms with Gasteiger partial charge in [0, 0.05) is 0 Å². The van der Waals surface area contributed by atoms with Crippen LogP contribution in [0, 0.1) is 12.7 Å². The van der Waals surface area contributed by atoms with Crippen molar-refractivity contribution in [2.24, 2.45) is 0 Å². The highest BCUT2D eigenvalue weighted by atomic mass is 19.1. The molecule has 18 heavy (non-hydrogen) atoms. The standard InChI is InChI=1S/C15H15FO2/c1-11-6-7-14(16)15(8-11)18-10-12-4-3-5-13(9-12)17-2/h3-9H,10H2,1-2H3. The monoisotopic (exact) mass is 246 g/mol. The molecule has 3 heteroatoms. The zero-order valence-electron chi connectivity index (χ0n) is 10.4. The van der Waals surface area contributed by atoms with E-state index in [1.54, 1.807) is 19.2 Å². The summed E-state index contributed by atoms with van der Waals surface area (Å²) in [4.78, 5) is 0. The molecule has 94 valence electrons. The number of halogens is 1. The molecule has 0 atom stereocenters. The summed E-state index contributed by atoms with van der Waals surface area (Å²) in [5.74, 6) is 0.696. The van der Waals surface area contributed by atoms with E-state index in [4.69, 9.17) is 9.47 Å². The fourth-order valence-electron chi connectivity index (χ4n) is 1.64. The Kier molecular flexibility index (Phi) is 3.82. The van der Waals surface area contributed by atoms with Crippen LogP contribution >= 0.6 is 0 Å². The largest absolute Gasteiger partial charge is 0.497 e. The number of ether oxygens (including phenoxy) is 2. The molecule has 2 nitrogen and oxygen atoms in total.